The van der Waals surface area contributed by atoms with Gasteiger partial charge in [-0.2, -0.15) is 0 Å². The zero-order valence-corrected chi connectivity index (χ0v) is 13.0. The molecule has 0 saturated carbocycles. The molecule has 0 atom stereocenters. The smallest absolute Gasteiger partial charge is 0.270 e. The minimum absolute atomic E-state index is 0.0549. The number of benzene rings is 1. The van der Waals surface area contributed by atoms with Gasteiger partial charge < -0.3 is 5.32 Å². The minimum Gasteiger partial charge on any atom is -0.352 e. The first kappa shape index (κ1) is 15.9. The minimum atomic E-state index is -0.489. The predicted molar refractivity (Wildman–Crippen MR) is 82.9 cm³/mol. The Morgan fingerprint density at radius 1 is 1.37 bits per heavy atom. The summed E-state index contributed by atoms with van der Waals surface area (Å²) < 4.78 is 1.12. The van der Waals surface area contributed by atoms with Gasteiger partial charge in [0.2, 0.25) is 0 Å². The van der Waals surface area contributed by atoms with Crippen LogP contribution in [0.5, 0.6) is 0 Å². The number of nitro benzene ring substituents is 1. The number of non-ortho nitro benzene ring substituents is 1. The molecular formula is C13H17IN2O3. The Kier molecular flexibility index (Phi) is 6.75. The number of nitro groups is 1. The highest BCUT2D eigenvalue weighted by molar-refractivity contribution is 14.1. The molecule has 0 spiro atoms. The molecule has 0 aliphatic heterocycles. The van der Waals surface area contributed by atoms with E-state index in [1.165, 1.54) is 12.1 Å². The normalized spacial score (nSPS) is 10.2. The molecule has 1 aromatic carbocycles. The Morgan fingerprint density at radius 3 is 2.74 bits per heavy atom. The number of halogens is 1. The van der Waals surface area contributed by atoms with E-state index in [1.807, 2.05) is 0 Å². The van der Waals surface area contributed by atoms with Crippen molar-refractivity contribution in [2.75, 3.05) is 11.0 Å². The largest absolute Gasteiger partial charge is 0.352 e. The standard InChI is InChI=1S/C13H17IN2O3/c1-10-5-6-11(16(18)19)9-12(10)13(17)15-8-4-2-3-7-14/h5-6,9H,2-4,7-8H2,1H3,(H,15,17). The first-order valence-corrected chi connectivity index (χ1v) is 7.68. The fourth-order valence-electron chi connectivity index (χ4n) is 1.66. The molecule has 104 valence electrons. The van der Waals surface area contributed by atoms with E-state index in [0.29, 0.717) is 12.1 Å². The molecule has 1 amide bonds. The van der Waals surface area contributed by atoms with Gasteiger partial charge in [-0.25, -0.2) is 0 Å². The van der Waals surface area contributed by atoms with Crippen LogP contribution in [-0.2, 0) is 0 Å². The number of unbranched alkanes of at least 4 members (excludes halogenated alkanes) is 2. The molecule has 1 rings (SSSR count). The summed E-state index contributed by atoms with van der Waals surface area (Å²) in [5.74, 6) is -0.240. The monoisotopic (exact) mass is 376 g/mol. The summed E-state index contributed by atoms with van der Waals surface area (Å²) in [7, 11) is 0. The summed E-state index contributed by atoms with van der Waals surface area (Å²) in [6, 6.07) is 4.34. The lowest BCUT2D eigenvalue weighted by Gasteiger charge is -2.07. The Labute approximate surface area is 126 Å². The summed E-state index contributed by atoms with van der Waals surface area (Å²) in [6.45, 7) is 2.38. The van der Waals surface area contributed by atoms with Crippen LogP contribution in [0.15, 0.2) is 18.2 Å². The zero-order valence-electron chi connectivity index (χ0n) is 10.8. The van der Waals surface area contributed by atoms with Crippen molar-refractivity contribution in [1.29, 1.82) is 0 Å². The molecule has 0 radical (unpaired) electrons. The molecule has 0 aromatic heterocycles. The van der Waals surface area contributed by atoms with Crippen molar-refractivity contribution in [3.05, 3.63) is 39.4 Å². The molecule has 1 aromatic rings. The van der Waals surface area contributed by atoms with Crippen LogP contribution in [0.1, 0.15) is 35.2 Å². The molecule has 0 saturated heterocycles. The molecule has 0 fully saturated rings. The lowest BCUT2D eigenvalue weighted by atomic mass is 10.1. The topological polar surface area (TPSA) is 72.2 Å². The van der Waals surface area contributed by atoms with Gasteiger partial charge in [0.1, 0.15) is 0 Å². The highest BCUT2D eigenvalue weighted by Gasteiger charge is 2.13. The maximum Gasteiger partial charge on any atom is 0.270 e. The van der Waals surface area contributed by atoms with E-state index in [-0.39, 0.29) is 11.6 Å². The van der Waals surface area contributed by atoms with Gasteiger partial charge >= 0.3 is 0 Å². The van der Waals surface area contributed by atoms with Crippen molar-refractivity contribution in [3.63, 3.8) is 0 Å². The van der Waals surface area contributed by atoms with Gasteiger partial charge in [-0.3, -0.25) is 14.9 Å². The molecule has 19 heavy (non-hydrogen) atoms. The molecule has 6 heteroatoms. The van der Waals surface area contributed by atoms with Crippen LogP contribution in [0.2, 0.25) is 0 Å². The van der Waals surface area contributed by atoms with Crippen LogP contribution >= 0.6 is 22.6 Å². The molecule has 0 aliphatic rings. The highest BCUT2D eigenvalue weighted by atomic mass is 127. The Hall–Kier alpha value is -1.18. The predicted octanol–water partition coefficient (Wildman–Crippen LogP) is 3.24. The van der Waals surface area contributed by atoms with Crippen LogP contribution in [0.25, 0.3) is 0 Å². The van der Waals surface area contributed by atoms with Crippen LogP contribution < -0.4 is 5.32 Å². The molecule has 0 heterocycles. The van der Waals surface area contributed by atoms with E-state index in [0.717, 1.165) is 29.3 Å². The van der Waals surface area contributed by atoms with Crippen LogP contribution in [0.3, 0.4) is 0 Å². The van der Waals surface area contributed by atoms with Crippen molar-refractivity contribution in [3.8, 4) is 0 Å². The number of aryl methyl sites for hydroxylation is 1. The third kappa shape index (κ3) is 5.14. The number of nitrogens with zero attached hydrogens (tertiary/aromatic N) is 1. The van der Waals surface area contributed by atoms with Crippen molar-refractivity contribution >= 4 is 34.2 Å². The lowest BCUT2D eigenvalue weighted by Crippen LogP contribution is -2.25. The summed E-state index contributed by atoms with van der Waals surface area (Å²) >= 11 is 2.32. The number of alkyl halides is 1. The number of carbonyl (C=O) groups excluding carboxylic acids is 1. The number of carbonyl (C=O) groups is 1. The molecule has 0 aliphatic carbocycles. The Bertz CT molecular complexity index is 463. The van der Waals surface area contributed by atoms with Gasteiger partial charge in [0.15, 0.2) is 0 Å². The number of rotatable bonds is 7. The second-order valence-corrected chi connectivity index (χ2v) is 5.34. The number of amides is 1. The van der Waals surface area contributed by atoms with E-state index >= 15 is 0 Å². The fraction of sp³-hybridized carbons (Fsp3) is 0.462. The Balaban J connectivity index is 2.61. The molecule has 0 bridgehead atoms. The lowest BCUT2D eigenvalue weighted by molar-refractivity contribution is -0.384. The maximum absolute atomic E-state index is 11.9. The van der Waals surface area contributed by atoms with Crippen LogP contribution in [0.4, 0.5) is 5.69 Å². The number of hydrogen-bond acceptors (Lipinski definition) is 3. The quantitative estimate of drug-likeness (QED) is 0.261. The third-order valence-corrected chi connectivity index (χ3v) is 3.54. The second-order valence-electron chi connectivity index (χ2n) is 4.26. The molecule has 0 unspecified atom stereocenters. The van der Waals surface area contributed by atoms with E-state index in [4.69, 9.17) is 0 Å². The maximum atomic E-state index is 11.9. The Morgan fingerprint density at radius 2 is 2.11 bits per heavy atom. The average Bonchev–Trinajstić information content (AvgIpc) is 2.38. The van der Waals surface area contributed by atoms with E-state index < -0.39 is 4.92 Å². The van der Waals surface area contributed by atoms with E-state index in [1.54, 1.807) is 13.0 Å². The molecular weight excluding hydrogens is 359 g/mol. The SMILES string of the molecule is Cc1ccc([N+](=O)[O-])cc1C(=O)NCCCCCI. The van der Waals surface area contributed by atoms with Gasteiger partial charge in [0.25, 0.3) is 11.6 Å². The van der Waals surface area contributed by atoms with Crippen LogP contribution in [0, 0.1) is 17.0 Å². The van der Waals surface area contributed by atoms with Crippen molar-refractivity contribution in [1.82, 2.24) is 5.32 Å². The van der Waals surface area contributed by atoms with Crippen molar-refractivity contribution in [2.24, 2.45) is 0 Å². The number of hydrogen-bond donors (Lipinski definition) is 1. The first-order chi connectivity index (χ1) is 9.06. The van der Waals surface area contributed by atoms with Crippen LogP contribution in [-0.4, -0.2) is 21.8 Å². The molecule has 5 nitrogen and oxygen atoms in total. The summed E-state index contributed by atoms with van der Waals surface area (Å²) in [5.41, 5.74) is 1.07. The zero-order chi connectivity index (χ0) is 14.3. The highest BCUT2D eigenvalue weighted by Crippen LogP contribution is 2.17. The summed E-state index contributed by atoms with van der Waals surface area (Å²) in [4.78, 5) is 22.1. The van der Waals surface area contributed by atoms with Gasteiger partial charge in [-0.1, -0.05) is 35.1 Å². The molecule has 1 N–H and O–H groups in total. The van der Waals surface area contributed by atoms with Gasteiger partial charge in [-0.05, 0) is 29.8 Å². The number of nitrogens with one attached hydrogen (secondary N) is 1. The van der Waals surface area contributed by atoms with E-state index in [2.05, 4.69) is 27.9 Å². The fourth-order valence-corrected chi connectivity index (χ4v) is 2.20. The van der Waals surface area contributed by atoms with Gasteiger partial charge in [0, 0.05) is 24.2 Å². The van der Waals surface area contributed by atoms with Gasteiger partial charge in [0.05, 0.1) is 4.92 Å². The first-order valence-electron chi connectivity index (χ1n) is 6.15. The van der Waals surface area contributed by atoms with Crippen molar-refractivity contribution in [2.45, 2.75) is 26.2 Å². The van der Waals surface area contributed by atoms with E-state index in [9.17, 15) is 14.9 Å². The summed E-state index contributed by atoms with van der Waals surface area (Å²) in [5, 5.41) is 13.5. The van der Waals surface area contributed by atoms with Gasteiger partial charge in [-0.15, -0.1) is 0 Å². The summed E-state index contributed by atoms with van der Waals surface area (Å²) in [6.07, 6.45) is 3.16. The third-order valence-electron chi connectivity index (χ3n) is 2.77. The van der Waals surface area contributed by atoms with Crippen molar-refractivity contribution < 1.29 is 9.72 Å². The second kappa shape index (κ2) is 8.08. The average molecular weight is 376 g/mol.